The van der Waals surface area contributed by atoms with E-state index in [1.165, 1.54) is 0 Å². The summed E-state index contributed by atoms with van der Waals surface area (Å²) < 4.78 is 11.3. The second kappa shape index (κ2) is 8.37. The van der Waals surface area contributed by atoms with Crippen LogP contribution < -0.4 is 10.6 Å². The fourth-order valence-corrected chi connectivity index (χ4v) is 3.74. The van der Waals surface area contributed by atoms with Gasteiger partial charge in [0, 0.05) is 30.5 Å². The molecule has 2 unspecified atom stereocenters. The van der Waals surface area contributed by atoms with Crippen LogP contribution in [-0.2, 0) is 16.7 Å². The van der Waals surface area contributed by atoms with Gasteiger partial charge in [0.05, 0.1) is 12.6 Å². The summed E-state index contributed by atoms with van der Waals surface area (Å²) in [6.45, 7) is 14.0. The lowest BCUT2D eigenvalue weighted by Crippen LogP contribution is -2.65. The minimum Gasteiger partial charge on any atom is -0.378 e. The molecule has 2 atom stereocenters. The molecule has 1 saturated carbocycles. The zero-order valence-electron chi connectivity index (χ0n) is 17.3. The number of hydrogen-bond acceptors (Lipinski definition) is 5. The van der Waals surface area contributed by atoms with Crippen LogP contribution >= 0.6 is 0 Å². The number of rotatable bonds is 7. The van der Waals surface area contributed by atoms with Crippen molar-refractivity contribution in [1.29, 1.82) is 0 Å². The monoisotopic (exact) mass is 365 g/mol. The Labute approximate surface area is 157 Å². The highest BCUT2D eigenvalue weighted by molar-refractivity contribution is 5.80. The molecule has 7 nitrogen and oxygen atoms in total. The number of guanidine groups is 1. The molecular formula is C19H35N5O2. The van der Waals surface area contributed by atoms with Crippen LogP contribution in [0.5, 0.6) is 0 Å². The summed E-state index contributed by atoms with van der Waals surface area (Å²) >= 11 is 0. The Kier molecular flexibility index (Phi) is 6.66. The first-order valence-electron chi connectivity index (χ1n) is 9.72. The Bertz CT molecular complexity index is 601. The molecule has 0 aliphatic heterocycles. The normalized spacial score (nSPS) is 22.8. The molecule has 2 rings (SSSR count). The van der Waals surface area contributed by atoms with E-state index in [2.05, 4.69) is 67.3 Å². The number of hydrogen-bond donors (Lipinski definition) is 2. The minimum atomic E-state index is -0.146. The molecule has 1 aromatic rings. The standard InChI is InChI=1S/C19H35N5O2/c1-8-19(9-2)13(11-14(19)25-10-3)22-17(20-7)21-12-15-23-16(26-24-15)18(4,5)6/h13-14H,8-12H2,1-7H3,(H2,20,21,22). The average Bonchev–Trinajstić information content (AvgIpc) is 3.07. The maximum Gasteiger partial charge on any atom is 0.232 e. The first kappa shape index (κ1) is 20.7. The summed E-state index contributed by atoms with van der Waals surface area (Å²) in [7, 11) is 1.78. The van der Waals surface area contributed by atoms with Crippen molar-refractivity contribution in [1.82, 2.24) is 20.8 Å². The van der Waals surface area contributed by atoms with Crippen LogP contribution in [0.15, 0.2) is 9.52 Å². The van der Waals surface area contributed by atoms with Gasteiger partial charge in [0.1, 0.15) is 0 Å². The van der Waals surface area contributed by atoms with Gasteiger partial charge in [0.2, 0.25) is 5.89 Å². The Morgan fingerprint density at radius 1 is 1.31 bits per heavy atom. The molecule has 0 radical (unpaired) electrons. The summed E-state index contributed by atoms with van der Waals surface area (Å²) in [5, 5.41) is 10.9. The number of nitrogens with one attached hydrogen (secondary N) is 2. The highest BCUT2D eigenvalue weighted by Crippen LogP contribution is 2.48. The molecule has 1 fully saturated rings. The second-order valence-electron chi connectivity index (χ2n) is 8.01. The molecule has 0 spiro atoms. The molecule has 0 bridgehead atoms. The number of nitrogens with zero attached hydrogens (tertiary/aromatic N) is 3. The molecule has 1 aromatic heterocycles. The van der Waals surface area contributed by atoms with E-state index < -0.39 is 0 Å². The zero-order valence-corrected chi connectivity index (χ0v) is 17.3. The van der Waals surface area contributed by atoms with Gasteiger partial charge < -0.3 is 19.9 Å². The van der Waals surface area contributed by atoms with E-state index in [9.17, 15) is 0 Å². The summed E-state index contributed by atoms with van der Waals surface area (Å²) in [5.41, 5.74) is 0.0203. The van der Waals surface area contributed by atoms with E-state index >= 15 is 0 Å². The van der Waals surface area contributed by atoms with Gasteiger partial charge in [-0.05, 0) is 26.2 Å². The van der Waals surface area contributed by atoms with Gasteiger partial charge in [-0.15, -0.1) is 0 Å². The number of aromatic nitrogens is 2. The van der Waals surface area contributed by atoms with Crippen LogP contribution in [0.25, 0.3) is 0 Å². The van der Waals surface area contributed by atoms with Crippen LogP contribution in [0.1, 0.15) is 72.5 Å². The van der Waals surface area contributed by atoms with Crippen molar-refractivity contribution < 1.29 is 9.26 Å². The quantitative estimate of drug-likeness (QED) is 0.571. The van der Waals surface area contributed by atoms with Crippen molar-refractivity contribution in [3.05, 3.63) is 11.7 Å². The lowest BCUT2D eigenvalue weighted by Gasteiger charge is -2.55. The number of ether oxygens (including phenoxy) is 1. The van der Waals surface area contributed by atoms with E-state index in [0.29, 0.717) is 30.4 Å². The molecule has 0 amide bonds. The molecule has 7 heteroatoms. The highest BCUT2D eigenvalue weighted by atomic mass is 16.5. The van der Waals surface area contributed by atoms with Gasteiger partial charge in [0.25, 0.3) is 0 Å². The van der Waals surface area contributed by atoms with Crippen molar-refractivity contribution in [2.45, 2.75) is 84.9 Å². The summed E-state index contributed by atoms with van der Waals surface area (Å²) in [5.74, 6) is 2.04. The van der Waals surface area contributed by atoms with E-state index in [0.717, 1.165) is 31.8 Å². The Morgan fingerprint density at radius 3 is 2.50 bits per heavy atom. The van der Waals surface area contributed by atoms with Crippen LogP contribution in [0.4, 0.5) is 0 Å². The third-order valence-corrected chi connectivity index (χ3v) is 5.53. The van der Waals surface area contributed by atoms with Crippen LogP contribution in [-0.4, -0.2) is 41.9 Å². The Morgan fingerprint density at radius 2 is 2.00 bits per heavy atom. The van der Waals surface area contributed by atoms with Gasteiger partial charge >= 0.3 is 0 Å². The van der Waals surface area contributed by atoms with Crippen molar-refractivity contribution in [2.24, 2.45) is 10.4 Å². The largest absolute Gasteiger partial charge is 0.378 e. The van der Waals surface area contributed by atoms with Crippen LogP contribution in [0, 0.1) is 5.41 Å². The molecule has 2 N–H and O–H groups in total. The van der Waals surface area contributed by atoms with Crippen molar-refractivity contribution in [2.75, 3.05) is 13.7 Å². The Balaban J connectivity index is 1.94. The lowest BCUT2D eigenvalue weighted by molar-refractivity contribution is -0.133. The highest BCUT2D eigenvalue weighted by Gasteiger charge is 2.53. The summed E-state index contributed by atoms with van der Waals surface area (Å²) in [4.78, 5) is 8.81. The molecule has 1 aliphatic rings. The molecule has 26 heavy (non-hydrogen) atoms. The van der Waals surface area contributed by atoms with E-state index in [1.807, 2.05) is 0 Å². The van der Waals surface area contributed by atoms with Gasteiger partial charge in [-0.1, -0.05) is 39.8 Å². The molecule has 0 saturated heterocycles. The zero-order chi connectivity index (χ0) is 19.4. The van der Waals surface area contributed by atoms with Gasteiger partial charge in [-0.3, -0.25) is 4.99 Å². The SMILES string of the molecule is CCOC1CC(NC(=NC)NCc2noc(C(C)(C)C)n2)C1(CC)CC. The van der Waals surface area contributed by atoms with E-state index in [1.54, 1.807) is 7.05 Å². The summed E-state index contributed by atoms with van der Waals surface area (Å²) in [6.07, 6.45) is 3.50. The molecule has 148 valence electrons. The Hall–Kier alpha value is -1.63. The smallest absolute Gasteiger partial charge is 0.232 e. The molecule has 0 aromatic carbocycles. The topological polar surface area (TPSA) is 84.6 Å². The third-order valence-electron chi connectivity index (χ3n) is 5.53. The van der Waals surface area contributed by atoms with E-state index in [-0.39, 0.29) is 10.8 Å². The van der Waals surface area contributed by atoms with Crippen molar-refractivity contribution in [3.8, 4) is 0 Å². The van der Waals surface area contributed by atoms with E-state index in [4.69, 9.17) is 9.26 Å². The van der Waals surface area contributed by atoms with Crippen LogP contribution in [0.3, 0.4) is 0 Å². The third kappa shape index (κ3) is 4.19. The molecular weight excluding hydrogens is 330 g/mol. The lowest BCUT2D eigenvalue weighted by atomic mass is 9.58. The molecule has 1 aliphatic carbocycles. The fraction of sp³-hybridized carbons (Fsp3) is 0.842. The maximum absolute atomic E-state index is 5.95. The van der Waals surface area contributed by atoms with Crippen molar-refractivity contribution in [3.63, 3.8) is 0 Å². The van der Waals surface area contributed by atoms with Crippen LogP contribution in [0.2, 0.25) is 0 Å². The second-order valence-corrected chi connectivity index (χ2v) is 8.01. The van der Waals surface area contributed by atoms with Gasteiger partial charge in [-0.25, -0.2) is 0 Å². The minimum absolute atomic E-state index is 0.146. The average molecular weight is 366 g/mol. The summed E-state index contributed by atoms with van der Waals surface area (Å²) in [6, 6.07) is 0.357. The first-order valence-corrected chi connectivity index (χ1v) is 9.72. The van der Waals surface area contributed by atoms with Gasteiger partial charge in [0.15, 0.2) is 11.8 Å². The first-order chi connectivity index (χ1) is 12.3. The van der Waals surface area contributed by atoms with Crippen molar-refractivity contribution >= 4 is 5.96 Å². The fourth-order valence-electron chi connectivity index (χ4n) is 3.74. The molecule has 1 heterocycles. The predicted octanol–water partition coefficient (Wildman–Crippen LogP) is 3.02. The van der Waals surface area contributed by atoms with Gasteiger partial charge in [-0.2, -0.15) is 4.98 Å². The maximum atomic E-state index is 5.95. The predicted molar refractivity (Wildman–Crippen MR) is 103 cm³/mol. The number of aliphatic imine (C=N–C) groups is 1.